The Hall–Kier alpha value is -2.13. The van der Waals surface area contributed by atoms with Gasteiger partial charge in [-0.05, 0) is 25.3 Å². The molecule has 0 aliphatic carbocycles. The molecule has 6 nitrogen and oxygen atoms in total. The first-order chi connectivity index (χ1) is 9.74. The van der Waals surface area contributed by atoms with Crippen molar-refractivity contribution in [1.29, 1.82) is 0 Å². The van der Waals surface area contributed by atoms with E-state index in [-0.39, 0.29) is 17.4 Å². The number of nitrogens with one attached hydrogen (secondary N) is 1. The number of nitrogens with two attached hydrogens (primary N) is 1. The maximum Gasteiger partial charge on any atom is 0.331 e. The number of nitrogens with zero attached hydrogens (tertiary/aromatic N) is 1. The summed E-state index contributed by atoms with van der Waals surface area (Å²) in [7, 11) is 0. The van der Waals surface area contributed by atoms with E-state index in [2.05, 4.69) is 22.7 Å². The zero-order valence-corrected chi connectivity index (χ0v) is 12.9. The number of rotatable bonds is 4. The first-order valence-electron chi connectivity index (χ1n) is 6.71. The number of amidine groups is 1. The molecule has 1 atom stereocenters. The van der Waals surface area contributed by atoms with Crippen molar-refractivity contribution in [2.45, 2.75) is 39.7 Å². The van der Waals surface area contributed by atoms with Gasteiger partial charge in [-0.25, -0.2) is 4.79 Å². The first kappa shape index (κ1) is 18.9. The molecular weight excluding hydrogens is 270 g/mol. The Labute approximate surface area is 125 Å². The quantitative estimate of drug-likeness (QED) is 0.529. The van der Waals surface area contributed by atoms with Crippen LogP contribution < -0.4 is 11.1 Å². The van der Waals surface area contributed by atoms with Crippen LogP contribution in [-0.2, 0) is 9.59 Å². The van der Waals surface area contributed by atoms with Crippen LogP contribution in [-0.4, -0.2) is 34.9 Å². The zero-order chi connectivity index (χ0) is 16.6. The molecule has 0 aromatic rings. The highest BCUT2D eigenvalue weighted by Crippen LogP contribution is 2.29. The second-order valence-corrected chi connectivity index (χ2v) is 4.92. The Balaban J connectivity index is 0.000000885. The number of amides is 1. The number of carboxylic acids is 1. The van der Waals surface area contributed by atoms with E-state index in [1.165, 1.54) is 13.0 Å². The summed E-state index contributed by atoms with van der Waals surface area (Å²) in [5.74, 6) is 1.45. The minimum absolute atomic E-state index is 0.0727. The van der Waals surface area contributed by atoms with E-state index in [1.807, 2.05) is 20.8 Å². The van der Waals surface area contributed by atoms with Crippen LogP contribution in [0.5, 0.6) is 0 Å². The predicted octanol–water partition coefficient (Wildman–Crippen LogP) is 0.929. The van der Waals surface area contributed by atoms with Crippen LogP contribution in [0.25, 0.3) is 0 Å². The van der Waals surface area contributed by atoms with Crippen molar-refractivity contribution in [3.63, 3.8) is 0 Å². The van der Waals surface area contributed by atoms with E-state index in [1.54, 1.807) is 0 Å². The number of terminal acetylenes is 1. The number of aliphatic carboxylic acids is 1. The van der Waals surface area contributed by atoms with Gasteiger partial charge in [-0.2, -0.15) is 0 Å². The molecule has 0 fully saturated rings. The van der Waals surface area contributed by atoms with Crippen molar-refractivity contribution < 1.29 is 14.7 Å². The fraction of sp³-hybridized carbons (Fsp3) is 0.533. The fourth-order valence-electron chi connectivity index (χ4n) is 1.89. The van der Waals surface area contributed by atoms with Crippen LogP contribution in [0.15, 0.2) is 16.6 Å². The van der Waals surface area contributed by atoms with Crippen LogP contribution in [0.1, 0.15) is 34.1 Å². The minimum Gasteiger partial charge on any atom is -0.478 e. The van der Waals surface area contributed by atoms with E-state index in [9.17, 15) is 9.59 Å². The number of aliphatic imine (C=N–C) groups is 1. The normalized spacial score (nSPS) is 21.1. The van der Waals surface area contributed by atoms with Gasteiger partial charge in [-0.15, -0.1) is 6.42 Å². The van der Waals surface area contributed by atoms with Crippen LogP contribution >= 0.6 is 0 Å². The highest BCUT2D eigenvalue weighted by atomic mass is 16.4. The van der Waals surface area contributed by atoms with Gasteiger partial charge >= 0.3 is 5.97 Å². The Morgan fingerprint density at radius 3 is 2.43 bits per heavy atom. The average Bonchev–Trinajstić information content (AvgIpc) is 2.75. The summed E-state index contributed by atoms with van der Waals surface area (Å²) >= 11 is 0. The summed E-state index contributed by atoms with van der Waals surface area (Å²) in [6.07, 6.45) is 6.64. The highest BCUT2D eigenvalue weighted by Gasteiger charge is 2.44. The van der Waals surface area contributed by atoms with Gasteiger partial charge in [0.15, 0.2) is 0 Å². The second-order valence-electron chi connectivity index (χ2n) is 4.92. The highest BCUT2D eigenvalue weighted by molar-refractivity contribution is 6.14. The molecule has 1 rings (SSSR count). The van der Waals surface area contributed by atoms with E-state index >= 15 is 0 Å². The molecule has 0 aromatic carbocycles. The second kappa shape index (κ2) is 8.22. The van der Waals surface area contributed by atoms with E-state index in [4.69, 9.17) is 10.8 Å². The molecular formula is C15H23N3O3. The molecule has 1 amide bonds. The van der Waals surface area contributed by atoms with Crippen LogP contribution in [0, 0.1) is 18.3 Å². The predicted molar refractivity (Wildman–Crippen MR) is 82.7 cm³/mol. The molecule has 0 aromatic heterocycles. The lowest BCUT2D eigenvalue weighted by Crippen LogP contribution is -2.43. The lowest BCUT2D eigenvalue weighted by molar-refractivity contribution is -0.132. The van der Waals surface area contributed by atoms with E-state index in [0.29, 0.717) is 18.8 Å². The number of carbonyl (C=O) groups is 2. The molecule has 21 heavy (non-hydrogen) atoms. The van der Waals surface area contributed by atoms with Crippen molar-refractivity contribution >= 4 is 17.7 Å². The van der Waals surface area contributed by atoms with Crippen LogP contribution in [0.3, 0.4) is 0 Å². The molecule has 6 heteroatoms. The van der Waals surface area contributed by atoms with Gasteiger partial charge in [0.25, 0.3) is 5.91 Å². The Morgan fingerprint density at radius 1 is 1.62 bits per heavy atom. The molecule has 116 valence electrons. The molecule has 1 unspecified atom stereocenters. The lowest BCUT2D eigenvalue weighted by Gasteiger charge is -2.25. The number of hydrogen-bond donors (Lipinski definition) is 3. The SMILES string of the molecule is C#CCN.CCC1(C(C)C)N=C(/C=C(\C)C(=O)O)NC1=O. The third-order valence-corrected chi connectivity index (χ3v) is 3.26. The summed E-state index contributed by atoms with van der Waals surface area (Å²) in [5.41, 5.74) is 4.18. The molecule has 0 saturated heterocycles. The maximum absolute atomic E-state index is 11.9. The lowest BCUT2D eigenvalue weighted by atomic mass is 9.84. The summed E-state index contributed by atoms with van der Waals surface area (Å²) in [6, 6.07) is 0. The summed E-state index contributed by atoms with van der Waals surface area (Å²) in [5, 5.41) is 11.4. The van der Waals surface area contributed by atoms with Gasteiger partial charge in [0.05, 0.1) is 6.54 Å². The number of carboxylic acid groups (broad SMARTS) is 1. The maximum atomic E-state index is 11.9. The van der Waals surface area contributed by atoms with Crippen molar-refractivity contribution in [3.8, 4) is 12.3 Å². The molecule has 0 spiro atoms. The smallest absolute Gasteiger partial charge is 0.331 e. The third-order valence-electron chi connectivity index (χ3n) is 3.26. The van der Waals surface area contributed by atoms with E-state index < -0.39 is 11.5 Å². The molecule has 0 bridgehead atoms. The van der Waals surface area contributed by atoms with Crippen molar-refractivity contribution in [2.75, 3.05) is 6.54 Å². The molecule has 1 aliphatic heterocycles. The van der Waals surface area contributed by atoms with Gasteiger partial charge in [-0.1, -0.05) is 26.7 Å². The summed E-state index contributed by atoms with van der Waals surface area (Å²) in [4.78, 5) is 27.0. The Bertz CT molecular complexity index is 501. The van der Waals surface area contributed by atoms with Crippen molar-refractivity contribution in [1.82, 2.24) is 5.32 Å². The van der Waals surface area contributed by atoms with Gasteiger partial charge in [-0.3, -0.25) is 9.79 Å². The molecule has 0 saturated carbocycles. The summed E-state index contributed by atoms with van der Waals surface area (Å²) in [6.45, 7) is 7.59. The van der Waals surface area contributed by atoms with Gasteiger partial charge in [0.2, 0.25) is 0 Å². The third kappa shape index (κ3) is 4.72. The van der Waals surface area contributed by atoms with Crippen molar-refractivity contribution in [3.05, 3.63) is 11.6 Å². The molecule has 1 heterocycles. The van der Waals surface area contributed by atoms with Crippen LogP contribution in [0.4, 0.5) is 0 Å². The average molecular weight is 293 g/mol. The van der Waals surface area contributed by atoms with Gasteiger partial charge in [0.1, 0.15) is 11.4 Å². The van der Waals surface area contributed by atoms with E-state index in [0.717, 1.165) is 0 Å². The largest absolute Gasteiger partial charge is 0.478 e. The van der Waals surface area contributed by atoms with Gasteiger partial charge < -0.3 is 16.2 Å². The fourth-order valence-corrected chi connectivity index (χ4v) is 1.89. The van der Waals surface area contributed by atoms with Crippen molar-refractivity contribution in [2.24, 2.45) is 16.6 Å². The molecule has 0 radical (unpaired) electrons. The zero-order valence-electron chi connectivity index (χ0n) is 12.9. The monoisotopic (exact) mass is 293 g/mol. The Morgan fingerprint density at radius 2 is 2.14 bits per heavy atom. The first-order valence-corrected chi connectivity index (χ1v) is 6.71. The van der Waals surface area contributed by atoms with Gasteiger partial charge in [0, 0.05) is 5.57 Å². The Kier molecular flexibility index (Phi) is 7.39. The molecule has 4 N–H and O–H groups in total. The standard InChI is InChI=1S/C12H18N2O3.C3H5N/c1-5-12(7(2)3)11(17)13-9(14-12)6-8(4)10(15)16;1-2-3-4/h6-7H,5H2,1-4H3,(H,15,16)(H,13,14,17);1H,3-4H2/b8-6+;. The number of hydrogen-bond acceptors (Lipinski definition) is 4. The van der Waals surface area contributed by atoms with Crippen LogP contribution in [0.2, 0.25) is 0 Å². The number of carbonyl (C=O) groups excluding carboxylic acids is 1. The topological polar surface area (TPSA) is 105 Å². The molecule has 1 aliphatic rings. The summed E-state index contributed by atoms with van der Waals surface area (Å²) < 4.78 is 0. The minimum atomic E-state index is -1.01.